The number of benzene rings is 1. The number of carbonyl (C=O) groups excluding carboxylic acids is 3. The normalized spacial score (nSPS) is 20.4. The van der Waals surface area contributed by atoms with Crippen molar-refractivity contribution >= 4 is 17.7 Å². The summed E-state index contributed by atoms with van der Waals surface area (Å²) in [5.74, 6) is -9.11. The van der Waals surface area contributed by atoms with Crippen LogP contribution in [-0.4, -0.2) is 50.6 Å². The minimum Gasteiger partial charge on any atom is -0.420 e. The molecule has 0 radical (unpaired) electrons. The molecule has 1 saturated carbocycles. The number of hydrogen-bond acceptors (Lipinski definition) is 6. The minimum absolute atomic E-state index is 0.0162. The highest BCUT2D eigenvalue weighted by atomic mass is 19.2. The number of halogens is 4. The second-order valence-electron chi connectivity index (χ2n) is 9.82. The van der Waals surface area contributed by atoms with Gasteiger partial charge in [-0.1, -0.05) is 26.0 Å². The number of amides is 1. The second kappa shape index (κ2) is 18.6. The van der Waals surface area contributed by atoms with Crippen molar-refractivity contribution in [3.8, 4) is 5.75 Å². The third-order valence-corrected chi connectivity index (χ3v) is 7.07. The Morgan fingerprint density at radius 1 is 0.805 bits per heavy atom. The van der Waals surface area contributed by atoms with Gasteiger partial charge in [0.05, 0.1) is 32.8 Å². The Morgan fingerprint density at radius 3 is 2.07 bits per heavy atom. The van der Waals surface area contributed by atoms with Gasteiger partial charge in [-0.3, -0.25) is 14.4 Å². The molecule has 2 aliphatic rings. The summed E-state index contributed by atoms with van der Waals surface area (Å²) in [5.41, 5.74) is 0. The topological polar surface area (TPSA) is 90.9 Å². The van der Waals surface area contributed by atoms with Gasteiger partial charge in [-0.15, -0.1) is 0 Å². The molecule has 7 nitrogen and oxygen atoms in total. The number of esters is 1. The molecule has 1 aromatic rings. The minimum atomic E-state index is -1.80. The van der Waals surface area contributed by atoms with Crippen molar-refractivity contribution < 1.29 is 46.2 Å². The number of allylic oxidation sites excluding steroid dienone is 2. The molecule has 0 heterocycles. The van der Waals surface area contributed by atoms with E-state index in [0.717, 1.165) is 38.5 Å². The number of ether oxygens (including phenoxy) is 3. The summed E-state index contributed by atoms with van der Waals surface area (Å²) >= 11 is 0. The molecular formula is C30H41F4NO6. The first-order valence-corrected chi connectivity index (χ1v) is 14.4. The van der Waals surface area contributed by atoms with Crippen LogP contribution in [0.15, 0.2) is 18.2 Å². The number of rotatable bonds is 13. The van der Waals surface area contributed by atoms with Gasteiger partial charge in [-0.2, -0.15) is 8.78 Å². The fraction of sp³-hybridized carbons (Fsp3) is 0.633. The summed E-state index contributed by atoms with van der Waals surface area (Å²) in [5, 5.41) is 2.85. The van der Waals surface area contributed by atoms with Crippen LogP contribution in [0.2, 0.25) is 0 Å². The van der Waals surface area contributed by atoms with E-state index in [1.54, 1.807) is 0 Å². The molecule has 1 amide bonds. The molecule has 1 atom stereocenters. The average molecular weight is 588 g/mol. The SMILES string of the molecule is CC.O=C(CCOCCOCCNC(=O)C1CCC(C(=O)C2CC=CCCC2)CC1)Oc1c(F)c(F)cc(F)c1F. The highest BCUT2D eigenvalue weighted by molar-refractivity contribution is 5.84. The summed E-state index contributed by atoms with van der Waals surface area (Å²) in [6.45, 7) is 4.69. The largest absolute Gasteiger partial charge is 0.420 e. The van der Waals surface area contributed by atoms with Crippen molar-refractivity contribution in [3.63, 3.8) is 0 Å². The van der Waals surface area contributed by atoms with Gasteiger partial charge in [0.15, 0.2) is 11.6 Å². The van der Waals surface area contributed by atoms with Gasteiger partial charge in [0.2, 0.25) is 23.3 Å². The summed E-state index contributed by atoms with van der Waals surface area (Å²) in [6.07, 6.45) is 10.7. The average Bonchev–Trinajstić information content (AvgIpc) is 3.28. The lowest BCUT2D eigenvalue weighted by Gasteiger charge is -2.29. The van der Waals surface area contributed by atoms with Gasteiger partial charge < -0.3 is 19.5 Å². The van der Waals surface area contributed by atoms with Crippen molar-refractivity contribution in [1.29, 1.82) is 0 Å². The third-order valence-electron chi connectivity index (χ3n) is 7.07. The summed E-state index contributed by atoms with van der Waals surface area (Å²) in [4.78, 5) is 37.0. The van der Waals surface area contributed by atoms with Gasteiger partial charge in [0.1, 0.15) is 5.78 Å². The van der Waals surface area contributed by atoms with Crippen molar-refractivity contribution in [2.75, 3.05) is 33.0 Å². The van der Waals surface area contributed by atoms with E-state index in [-0.39, 0.29) is 56.2 Å². The van der Waals surface area contributed by atoms with E-state index < -0.39 is 41.4 Å². The molecule has 1 N–H and O–H groups in total. The van der Waals surface area contributed by atoms with Gasteiger partial charge in [0, 0.05) is 30.4 Å². The number of Topliss-reactive ketones (excluding diaryl/α,β-unsaturated/α-hetero) is 1. The monoisotopic (exact) mass is 587 g/mol. The van der Waals surface area contributed by atoms with Crippen molar-refractivity contribution in [2.24, 2.45) is 17.8 Å². The maximum absolute atomic E-state index is 13.5. The predicted molar refractivity (Wildman–Crippen MR) is 144 cm³/mol. The Kier molecular flexibility index (Phi) is 15.6. The van der Waals surface area contributed by atoms with E-state index in [2.05, 4.69) is 22.2 Å². The number of nitrogens with one attached hydrogen (secondary N) is 1. The van der Waals surface area contributed by atoms with E-state index in [9.17, 15) is 31.9 Å². The first kappa shape index (κ1) is 34.4. The van der Waals surface area contributed by atoms with Crippen LogP contribution in [-0.2, 0) is 23.9 Å². The number of carbonyl (C=O) groups is 3. The Labute approximate surface area is 239 Å². The molecule has 41 heavy (non-hydrogen) atoms. The molecule has 0 spiro atoms. The molecule has 2 aliphatic carbocycles. The zero-order chi connectivity index (χ0) is 30.2. The van der Waals surface area contributed by atoms with Gasteiger partial charge in [-0.25, -0.2) is 8.78 Å². The number of ketones is 1. The zero-order valence-corrected chi connectivity index (χ0v) is 23.8. The molecule has 230 valence electrons. The van der Waals surface area contributed by atoms with Crippen LogP contribution in [0.5, 0.6) is 5.75 Å². The van der Waals surface area contributed by atoms with Crippen molar-refractivity contribution in [3.05, 3.63) is 41.5 Å². The maximum atomic E-state index is 13.5. The molecular weight excluding hydrogens is 546 g/mol. The van der Waals surface area contributed by atoms with E-state index in [4.69, 9.17) is 9.47 Å². The Hall–Kier alpha value is -2.79. The molecule has 3 rings (SSSR count). The lowest BCUT2D eigenvalue weighted by Crippen LogP contribution is -2.37. The smallest absolute Gasteiger partial charge is 0.313 e. The molecule has 1 unspecified atom stereocenters. The quantitative estimate of drug-likeness (QED) is 0.0780. The van der Waals surface area contributed by atoms with Gasteiger partial charge in [-0.05, 0) is 51.4 Å². The molecule has 0 aromatic heterocycles. The first-order chi connectivity index (χ1) is 19.8. The lowest BCUT2D eigenvalue weighted by molar-refractivity contribution is -0.136. The van der Waals surface area contributed by atoms with Gasteiger partial charge in [0.25, 0.3) is 0 Å². The fourth-order valence-electron chi connectivity index (χ4n) is 4.88. The molecule has 1 aromatic carbocycles. The highest BCUT2D eigenvalue weighted by Gasteiger charge is 2.32. The summed E-state index contributed by atoms with van der Waals surface area (Å²) in [6, 6.07) is 0.0162. The Balaban J connectivity index is 0.00000287. The molecule has 0 aliphatic heterocycles. The Bertz CT molecular complexity index is 1000. The standard InChI is InChI=1S/C28H35F4NO6.C2H6/c29-21-17-22(30)25(32)27(24(21)31)39-23(34)11-13-37-15-16-38-14-12-33-28(36)20-9-7-19(8-10-20)26(35)18-5-3-1-2-4-6-18;1-2/h1,3,17-20H,2,4-16H2,(H,33,36);1-2H3. The molecule has 0 saturated heterocycles. The maximum Gasteiger partial charge on any atom is 0.313 e. The summed E-state index contributed by atoms with van der Waals surface area (Å²) in [7, 11) is 0. The molecule has 1 fully saturated rings. The van der Waals surface area contributed by atoms with Crippen LogP contribution in [0.3, 0.4) is 0 Å². The third kappa shape index (κ3) is 11.2. The fourth-order valence-corrected chi connectivity index (χ4v) is 4.88. The van der Waals surface area contributed by atoms with E-state index >= 15 is 0 Å². The van der Waals surface area contributed by atoms with Crippen molar-refractivity contribution in [1.82, 2.24) is 5.32 Å². The van der Waals surface area contributed by atoms with Crippen molar-refractivity contribution in [2.45, 2.75) is 71.6 Å². The lowest BCUT2D eigenvalue weighted by atomic mass is 9.75. The molecule has 11 heteroatoms. The van der Waals surface area contributed by atoms with E-state index in [0.29, 0.717) is 25.2 Å². The van der Waals surface area contributed by atoms with Crippen LogP contribution < -0.4 is 10.1 Å². The van der Waals surface area contributed by atoms with E-state index in [1.807, 2.05) is 13.8 Å². The number of hydrogen-bond donors (Lipinski definition) is 1. The van der Waals surface area contributed by atoms with Crippen LogP contribution >= 0.6 is 0 Å². The van der Waals surface area contributed by atoms with E-state index in [1.165, 1.54) is 0 Å². The van der Waals surface area contributed by atoms with Crippen LogP contribution in [0.25, 0.3) is 0 Å². The van der Waals surface area contributed by atoms with Crippen LogP contribution in [0, 0.1) is 41.0 Å². The van der Waals surface area contributed by atoms with Crippen LogP contribution in [0.1, 0.15) is 71.6 Å². The second-order valence-corrected chi connectivity index (χ2v) is 9.82. The predicted octanol–water partition coefficient (Wildman–Crippen LogP) is 5.84. The summed E-state index contributed by atoms with van der Waals surface area (Å²) < 4.78 is 68.3. The highest BCUT2D eigenvalue weighted by Crippen LogP contribution is 2.33. The first-order valence-electron chi connectivity index (χ1n) is 14.4. The van der Waals surface area contributed by atoms with Gasteiger partial charge >= 0.3 is 5.97 Å². The van der Waals surface area contributed by atoms with Crippen LogP contribution in [0.4, 0.5) is 17.6 Å². The molecule has 0 bridgehead atoms. The Morgan fingerprint density at radius 2 is 1.41 bits per heavy atom. The zero-order valence-electron chi connectivity index (χ0n) is 23.8.